The predicted octanol–water partition coefficient (Wildman–Crippen LogP) is 5.54. The van der Waals surface area contributed by atoms with E-state index in [1.807, 2.05) is 30.3 Å². The summed E-state index contributed by atoms with van der Waals surface area (Å²) < 4.78 is 55.9. The molecular formula is C27H23F4N3O3. The lowest BCUT2D eigenvalue weighted by Crippen LogP contribution is -2.31. The lowest BCUT2D eigenvalue weighted by Gasteiger charge is -2.23. The van der Waals surface area contributed by atoms with Crippen molar-refractivity contribution in [3.63, 3.8) is 0 Å². The number of aromatic nitrogens is 2. The predicted molar refractivity (Wildman–Crippen MR) is 129 cm³/mol. The number of hydrogen-bond acceptors (Lipinski definition) is 3. The normalized spacial score (nSPS) is 11.6. The molecule has 2 aromatic heterocycles. The Labute approximate surface area is 209 Å². The fraction of sp³-hybridized carbons (Fsp3) is 0.222. The molecule has 2 aromatic carbocycles. The minimum atomic E-state index is -4.71. The van der Waals surface area contributed by atoms with Crippen molar-refractivity contribution in [2.75, 3.05) is 6.54 Å². The van der Waals surface area contributed by atoms with E-state index < -0.39 is 30.2 Å². The number of benzene rings is 2. The molecule has 6 nitrogen and oxygen atoms in total. The van der Waals surface area contributed by atoms with Gasteiger partial charge in [-0.05, 0) is 47.9 Å². The van der Waals surface area contributed by atoms with E-state index >= 15 is 0 Å². The lowest BCUT2D eigenvalue weighted by atomic mass is 10.00. The number of carbonyl (C=O) groups excluding carboxylic acids is 1. The second-order valence-electron chi connectivity index (χ2n) is 8.50. The molecule has 0 aliphatic rings. The molecule has 192 valence electrons. The number of carboxylic acids is 1. The number of alkyl halides is 3. The van der Waals surface area contributed by atoms with Gasteiger partial charge in [0.2, 0.25) is 5.91 Å². The number of likely N-dealkylation sites (N-methyl/N-ethyl adjacent to an activating group) is 1. The van der Waals surface area contributed by atoms with Crippen LogP contribution in [0.15, 0.2) is 66.9 Å². The lowest BCUT2D eigenvalue weighted by molar-refractivity contribution is -0.141. The molecule has 10 heteroatoms. The Balaban J connectivity index is 1.79. The number of fused-ring (bicyclic) bond motifs is 1. The van der Waals surface area contributed by atoms with Crippen LogP contribution in [0.4, 0.5) is 17.6 Å². The third-order valence-corrected chi connectivity index (χ3v) is 5.97. The fourth-order valence-electron chi connectivity index (χ4n) is 4.22. The standard InChI is InChI=1S/C27H23F4N3O3/c1-2-33(24(35)12-17-6-4-3-5-7-17)14-18-13-19(28)8-9-20(18)21-15-34(16-25(36)37)22-10-11-23(27(29,30)31)32-26(21)22/h3-11,13,15H,2,12,14,16H2,1H3,(H,36,37). The van der Waals surface area contributed by atoms with Gasteiger partial charge < -0.3 is 14.6 Å². The van der Waals surface area contributed by atoms with E-state index in [2.05, 4.69) is 4.98 Å². The zero-order valence-electron chi connectivity index (χ0n) is 19.8. The van der Waals surface area contributed by atoms with E-state index in [9.17, 15) is 32.3 Å². The third kappa shape index (κ3) is 5.79. The van der Waals surface area contributed by atoms with Gasteiger partial charge in [0.15, 0.2) is 0 Å². The summed E-state index contributed by atoms with van der Waals surface area (Å²) in [6.45, 7) is 1.59. The van der Waals surface area contributed by atoms with Crippen LogP contribution in [-0.2, 0) is 35.3 Å². The molecule has 0 saturated heterocycles. The molecule has 0 unspecified atom stereocenters. The van der Waals surface area contributed by atoms with Gasteiger partial charge in [0, 0.05) is 24.8 Å². The number of rotatable bonds is 8. The van der Waals surface area contributed by atoms with E-state index in [0.717, 1.165) is 17.7 Å². The second-order valence-corrected chi connectivity index (χ2v) is 8.50. The van der Waals surface area contributed by atoms with Crippen molar-refractivity contribution < 1.29 is 32.3 Å². The monoisotopic (exact) mass is 513 g/mol. The molecule has 1 amide bonds. The molecule has 0 atom stereocenters. The van der Waals surface area contributed by atoms with Crippen molar-refractivity contribution >= 4 is 22.9 Å². The number of pyridine rings is 1. The maximum Gasteiger partial charge on any atom is 0.433 e. The van der Waals surface area contributed by atoms with Crippen molar-refractivity contribution in [3.8, 4) is 11.1 Å². The molecule has 0 aliphatic carbocycles. The number of nitrogens with zero attached hydrogens (tertiary/aromatic N) is 3. The Morgan fingerprint density at radius 1 is 1.03 bits per heavy atom. The SMILES string of the molecule is CCN(Cc1cc(F)ccc1-c1cn(CC(=O)O)c2ccc(C(F)(F)F)nc12)C(=O)Cc1ccccc1. The van der Waals surface area contributed by atoms with Crippen molar-refractivity contribution in [1.29, 1.82) is 0 Å². The van der Waals surface area contributed by atoms with Crippen LogP contribution in [0.5, 0.6) is 0 Å². The first-order valence-electron chi connectivity index (χ1n) is 11.5. The van der Waals surface area contributed by atoms with Gasteiger partial charge in [-0.25, -0.2) is 9.37 Å². The molecular weight excluding hydrogens is 490 g/mol. The molecule has 4 aromatic rings. The minimum Gasteiger partial charge on any atom is -0.480 e. The quantitative estimate of drug-likeness (QED) is 0.314. The summed E-state index contributed by atoms with van der Waals surface area (Å²) in [5.41, 5.74) is 0.724. The first-order valence-corrected chi connectivity index (χ1v) is 11.5. The number of hydrogen-bond donors (Lipinski definition) is 1. The molecule has 37 heavy (non-hydrogen) atoms. The Kier molecular flexibility index (Phi) is 7.28. The summed E-state index contributed by atoms with van der Waals surface area (Å²) >= 11 is 0. The Bertz CT molecular complexity index is 1450. The average Bonchev–Trinajstić information content (AvgIpc) is 3.19. The van der Waals surface area contributed by atoms with Crippen LogP contribution >= 0.6 is 0 Å². The Morgan fingerprint density at radius 2 is 1.76 bits per heavy atom. The molecule has 0 saturated carbocycles. The molecule has 0 spiro atoms. The van der Waals surface area contributed by atoms with Gasteiger partial charge in [0.05, 0.1) is 17.5 Å². The van der Waals surface area contributed by atoms with Crippen molar-refractivity contribution in [1.82, 2.24) is 14.5 Å². The van der Waals surface area contributed by atoms with E-state index in [1.165, 1.54) is 33.9 Å². The Hall–Kier alpha value is -4.21. The summed E-state index contributed by atoms with van der Waals surface area (Å²) in [4.78, 5) is 29.7. The van der Waals surface area contributed by atoms with Gasteiger partial charge in [-0.3, -0.25) is 9.59 Å². The van der Waals surface area contributed by atoms with Crippen LogP contribution in [0.25, 0.3) is 22.2 Å². The van der Waals surface area contributed by atoms with Gasteiger partial charge in [-0.2, -0.15) is 13.2 Å². The van der Waals surface area contributed by atoms with Crippen LogP contribution in [0, 0.1) is 5.82 Å². The highest BCUT2D eigenvalue weighted by Crippen LogP contribution is 2.36. The molecule has 1 N–H and O–H groups in total. The van der Waals surface area contributed by atoms with E-state index in [0.29, 0.717) is 17.7 Å². The summed E-state index contributed by atoms with van der Waals surface area (Å²) in [6, 6.07) is 14.9. The molecule has 0 bridgehead atoms. The Morgan fingerprint density at radius 3 is 2.41 bits per heavy atom. The third-order valence-electron chi connectivity index (χ3n) is 5.97. The van der Waals surface area contributed by atoms with Gasteiger partial charge in [-0.1, -0.05) is 36.4 Å². The fourth-order valence-corrected chi connectivity index (χ4v) is 4.22. The van der Waals surface area contributed by atoms with Crippen LogP contribution in [-0.4, -0.2) is 38.0 Å². The van der Waals surface area contributed by atoms with Crippen molar-refractivity contribution in [2.24, 2.45) is 0 Å². The van der Waals surface area contributed by atoms with Gasteiger partial charge in [0.1, 0.15) is 18.1 Å². The summed E-state index contributed by atoms with van der Waals surface area (Å²) in [5, 5.41) is 9.30. The number of aliphatic carboxylic acids is 1. The number of halogens is 4. The zero-order valence-corrected chi connectivity index (χ0v) is 19.8. The van der Waals surface area contributed by atoms with Crippen LogP contribution < -0.4 is 0 Å². The zero-order chi connectivity index (χ0) is 26.7. The number of carbonyl (C=O) groups is 2. The highest BCUT2D eigenvalue weighted by Gasteiger charge is 2.33. The smallest absolute Gasteiger partial charge is 0.433 e. The molecule has 0 aliphatic heterocycles. The first-order chi connectivity index (χ1) is 17.6. The molecule has 2 heterocycles. The maximum atomic E-state index is 14.3. The van der Waals surface area contributed by atoms with Gasteiger partial charge >= 0.3 is 12.1 Å². The van der Waals surface area contributed by atoms with E-state index in [4.69, 9.17) is 0 Å². The molecule has 4 rings (SSSR count). The minimum absolute atomic E-state index is 0.000173. The van der Waals surface area contributed by atoms with Gasteiger partial charge in [-0.15, -0.1) is 0 Å². The second kappa shape index (κ2) is 10.4. The van der Waals surface area contributed by atoms with Crippen LogP contribution in [0.2, 0.25) is 0 Å². The van der Waals surface area contributed by atoms with Gasteiger partial charge in [0.25, 0.3) is 0 Å². The topological polar surface area (TPSA) is 75.4 Å². The summed E-state index contributed by atoms with van der Waals surface area (Å²) in [5.74, 6) is -1.97. The summed E-state index contributed by atoms with van der Waals surface area (Å²) in [6.07, 6.45) is -3.19. The first kappa shape index (κ1) is 25.9. The average molecular weight is 513 g/mol. The van der Waals surface area contributed by atoms with Crippen molar-refractivity contribution in [3.05, 3.63) is 89.5 Å². The highest BCUT2D eigenvalue weighted by molar-refractivity contribution is 5.94. The van der Waals surface area contributed by atoms with Crippen molar-refractivity contribution in [2.45, 2.75) is 32.6 Å². The van der Waals surface area contributed by atoms with Crippen LogP contribution in [0.1, 0.15) is 23.7 Å². The number of carboxylic acid groups (broad SMARTS) is 1. The largest absolute Gasteiger partial charge is 0.480 e. The van der Waals surface area contributed by atoms with E-state index in [-0.39, 0.29) is 35.5 Å². The maximum absolute atomic E-state index is 14.3. The van der Waals surface area contributed by atoms with E-state index in [1.54, 1.807) is 6.92 Å². The number of amides is 1. The molecule has 0 radical (unpaired) electrons. The molecule has 0 fully saturated rings. The van der Waals surface area contributed by atoms with Crippen LogP contribution in [0.3, 0.4) is 0 Å². The summed E-state index contributed by atoms with van der Waals surface area (Å²) in [7, 11) is 0. The highest BCUT2D eigenvalue weighted by atomic mass is 19.4.